The minimum Gasteiger partial charge on any atom is -0.378 e. The number of nitrogens with one attached hydrogen (secondary N) is 1. The molecular formula is C16H23N3O2. The molecule has 5 heteroatoms. The van der Waals surface area contributed by atoms with Crippen LogP contribution in [0.5, 0.6) is 0 Å². The number of hydrogen-bond acceptors (Lipinski definition) is 3. The van der Waals surface area contributed by atoms with Crippen LogP contribution in [0.25, 0.3) is 0 Å². The Morgan fingerprint density at radius 2 is 1.76 bits per heavy atom. The van der Waals surface area contributed by atoms with Gasteiger partial charge in [0.05, 0.1) is 0 Å². The first-order valence-corrected chi connectivity index (χ1v) is 6.87. The fraction of sp³-hybridized carbons (Fsp3) is 0.375. The maximum Gasteiger partial charge on any atom is 0.313 e. The minimum absolute atomic E-state index is 0.391. The van der Waals surface area contributed by atoms with Crippen molar-refractivity contribution >= 4 is 23.2 Å². The predicted octanol–water partition coefficient (Wildman–Crippen LogP) is 2.12. The lowest BCUT2D eigenvalue weighted by Gasteiger charge is -2.20. The van der Waals surface area contributed by atoms with Crippen LogP contribution < -0.4 is 10.2 Å². The molecule has 0 spiro atoms. The van der Waals surface area contributed by atoms with Crippen LogP contribution in [0.1, 0.15) is 13.8 Å². The number of amides is 2. The largest absolute Gasteiger partial charge is 0.378 e. The van der Waals surface area contributed by atoms with E-state index in [9.17, 15) is 9.59 Å². The van der Waals surface area contributed by atoms with E-state index < -0.39 is 11.8 Å². The highest BCUT2D eigenvalue weighted by atomic mass is 16.2. The fourth-order valence-electron chi connectivity index (χ4n) is 1.82. The van der Waals surface area contributed by atoms with Crippen LogP contribution in [-0.2, 0) is 9.59 Å². The van der Waals surface area contributed by atoms with E-state index in [2.05, 4.69) is 11.9 Å². The van der Waals surface area contributed by atoms with Crippen LogP contribution in [0, 0.1) is 0 Å². The summed E-state index contributed by atoms with van der Waals surface area (Å²) in [5.41, 5.74) is 2.47. The van der Waals surface area contributed by atoms with Gasteiger partial charge in [-0.05, 0) is 38.1 Å². The Labute approximate surface area is 126 Å². The molecule has 0 fully saturated rings. The second-order valence-electron chi connectivity index (χ2n) is 5.17. The van der Waals surface area contributed by atoms with Crippen LogP contribution >= 0.6 is 0 Å². The fourth-order valence-corrected chi connectivity index (χ4v) is 1.82. The average Bonchev–Trinajstić information content (AvgIpc) is 2.44. The molecule has 2 amide bonds. The molecule has 21 heavy (non-hydrogen) atoms. The molecule has 1 N–H and O–H groups in total. The quantitative estimate of drug-likeness (QED) is 0.667. The van der Waals surface area contributed by atoms with Gasteiger partial charge in [0.2, 0.25) is 0 Å². The van der Waals surface area contributed by atoms with E-state index in [4.69, 9.17) is 0 Å². The van der Waals surface area contributed by atoms with Crippen LogP contribution in [0.4, 0.5) is 11.4 Å². The second-order valence-corrected chi connectivity index (χ2v) is 5.17. The summed E-state index contributed by atoms with van der Waals surface area (Å²) in [5, 5.41) is 2.62. The van der Waals surface area contributed by atoms with Gasteiger partial charge in [-0.3, -0.25) is 9.59 Å². The summed E-state index contributed by atoms with van der Waals surface area (Å²) < 4.78 is 0. The van der Waals surface area contributed by atoms with E-state index in [0.29, 0.717) is 18.8 Å². The number of carbonyl (C=O) groups excluding carboxylic acids is 2. The molecule has 0 heterocycles. The van der Waals surface area contributed by atoms with Gasteiger partial charge in [-0.15, -0.1) is 0 Å². The molecule has 0 radical (unpaired) electrons. The van der Waals surface area contributed by atoms with Crippen molar-refractivity contribution in [3.63, 3.8) is 0 Å². The molecule has 5 nitrogen and oxygen atoms in total. The molecule has 0 atom stereocenters. The molecule has 0 unspecified atom stereocenters. The number of carbonyl (C=O) groups is 2. The highest BCUT2D eigenvalue weighted by Gasteiger charge is 2.20. The van der Waals surface area contributed by atoms with E-state index in [0.717, 1.165) is 11.3 Å². The van der Waals surface area contributed by atoms with Gasteiger partial charge in [-0.2, -0.15) is 0 Å². The molecule has 0 aliphatic heterocycles. The molecule has 1 aromatic carbocycles. The summed E-state index contributed by atoms with van der Waals surface area (Å²) in [5.74, 6) is -1.17. The summed E-state index contributed by atoms with van der Waals surface area (Å²) >= 11 is 0. The third-order valence-corrected chi connectivity index (χ3v) is 2.97. The highest BCUT2D eigenvalue weighted by Crippen LogP contribution is 2.15. The smallest absolute Gasteiger partial charge is 0.313 e. The maximum absolute atomic E-state index is 12.1. The van der Waals surface area contributed by atoms with Crippen molar-refractivity contribution in [1.82, 2.24) is 4.90 Å². The monoisotopic (exact) mass is 289 g/mol. The number of nitrogens with zero attached hydrogens (tertiary/aromatic N) is 2. The molecule has 1 rings (SSSR count). The van der Waals surface area contributed by atoms with Crippen LogP contribution in [-0.4, -0.2) is 43.9 Å². The Hall–Kier alpha value is -2.30. The number of hydrogen-bond donors (Lipinski definition) is 1. The first kappa shape index (κ1) is 16.8. The standard InChI is InChI=1S/C16H23N3O2/c1-6-19(11-12(2)3)16(21)15(20)17-13-7-9-14(10-8-13)18(4)5/h7-10H,2,6,11H2,1,3-5H3,(H,17,20). The summed E-state index contributed by atoms with van der Waals surface area (Å²) in [6.45, 7) is 8.29. The maximum atomic E-state index is 12.1. The van der Waals surface area contributed by atoms with Crippen molar-refractivity contribution < 1.29 is 9.59 Å². The first-order chi connectivity index (χ1) is 9.85. The Bertz CT molecular complexity index is 521. The average molecular weight is 289 g/mol. The second kappa shape index (κ2) is 7.47. The van der Waals surface area contributed by atoms with Gasteiger partial charge < -0.3 is 15.1 Å². The lowest BCUT2D eigenvalue weighted by Crippen LogP contribution is -2.40. The van der Waals surface area contributed by atoms with E-state index in [1.165, 1.54) is 4.90 Å². The lowest BCUT2D eigenvalue weighted by molar-refractivity contribution is -0.142. The van der Waals surface area contributed by atoms with E-state index in [1.54, 1.807) is 12.1 Å². The Kier molecular flexibility index (Phi) is 5.96. The van der Waals surface area contributed by atoms with Gasteiger partial charge in [0.1, 0.15) is 0 Å². The molecular weight excluding hydrogens is 266 g/mol. The number of anilines is 2. The number of likely N-dealkylation sites (N-methyl/N-ethyl adjacent to an activating group) is 1. The zero-order chi connectivity index (χ0) is 16.0. The molecule has 0 bridgehead atoms. The van der Waals surface area contributed by atoms with Crippen molar-refractivity contribution in [2.45, 2.75) is 13.8 Å². The van der Waals surface area contributed by atoms with Gasteiger partial charge in [-0.1, -0.05) is 12.2 Å². The topological polar surface area (TPSA) is 52.7 Å². The minimum atomic E-state index is -0.629. The molecule has 0 aliphatic rings. The van der Waals surface area contributed by atoms with Gasteiger partial charge in [0, 0.05) is 38.6 Å². The number of benzene rings is 1. The van der Waals surface area contributed by atoms with Gasteiger partial charge in [0.25, 0.3) is 0 Å². The Morgan fingerprint density at radius 3 is 2.19 bits per heavy atom. The lowest BCUT2D eigenvalue weighted by atomic mass is 10.2. The highest BCUT2D eigenvalue weighted by molar-refractivity contribution is 6.39. The van der Waals surface area contributed by atoms with Gasteiger partial charge in [-0.25, -0.2) is 0 Å². The molecule has 1 aromatic rings. The summed E-state index contributed by atoms with van der Waals surface area (Å²) in [7, 11) is 3.88. The van der Waals surface area contributed by atoms with E-state index >= 15 is 0 Å². The SMILES string of the molecule is C=C(C)CN(CC)C(=O)C(=O)Nc1ccc(N(C)C)cc1. The summed E-state index contributed by atoms with van der Waals surface area (Å²) in [6, 6.07) is 7.31. The van der Waals surface area contributed by atoms with Crippen molar-refractivity contribution in [3.05, 3.63) is 36.4 Å². The molecule has 0 saturated carbocycles. The molecule has 0 saturated heterocycles. The van der Waals surface area contributed by atoms with Crippen LogP contribution in [0.3, 0.4) is 0 Å². The van der Waals surface area contributed by atoms with Gasteiger partial charge in [0.15, 0.2) is 0 Å². The van der Waals surface area contributed by atoms with Crippen molar-refractivity contribution in [1.29, 1.82) is 0 Å². The molecule has 0 aromatic heterocycles. The zero-order valence-corrected chi connectivity index (χ0v) is 13.1. The normalized spacial score (nSPS) is 9.90. The van der Waals surface area contributed by atoms with E-state index in [-0.39, 0.29) is 0 Å². The molecule has 114 valence electrons. The molecule has 0 aliphatic carbocycles. The predicted molar refractivity (Wildman–Crippen MR) is 86.5 cm³/mol. The Balaban J connectivity index is 2.71. The van der Waals surface area contributed by atoms with Crippen LogP contribution in [0.2, 0.25) is 0 Å². The Morgan fingerprint density at radius 1 is 1.19 bits per heavy atom. The van der Waals surface area contributed by atoms with E-state index in [1.807, 2.05) is 45.0 Å². The third kappa shape index (κ3) is 4.95. The first-order valence-electron chi connectivity index (χ1n) is 6.87. The summed E-state index contributed by atoms with van der Waals surface area (Å²) in [6.07, 6.45) is 0. The van der Waals surface area contributed by atoms with Gasteiger partial charge >= 0.3 is 11.8 Å². The summed E-state index contributed by atoms with van der Waals surface area (Å²) in [4.78, 5) is 27.4. The van der Waals surface area contributed by atoms with Crippen molar-refractivity contribution in [2.75, 3.05) is 37.4 Å². The van der Waals surface area contributed by atoms with Crippen LogP contribution in [0.15, 0.2) is 36.4 Å². The van der Waals surface area contributed by atoms with Crippen molar-refractivity contribution in [3.8, 4) is 0 Å². The van der Waals surface area contributed by atoms with Crippen molar-refractivity contribution in [2.24, 2.45) is 0 Å². The third-order valence-electron chi connectivity index (χ3n) is 2.97. The zero-order valence-electron chi connectivity index (χ0n) is 13.1. The number of rotatable bonds is 5.